The van der Waals surface area contributed by atoms with Crippen LogP contribution in [0.2, 0.25) is 0 Å². The number of rotatable bonds is 4. The van der Waals surface area contributed by atoms with E-state index in [0.29, 0.717) is 16.3 Å². The Bertz CT molecular complexity index is 564. The van der Waals surface area contributed by atoms with Crippen molar-refractivity contribution in [2.24, 2.45) is 0 Å². The molecule has 0 atom stereocenters. The summed E-state index contributed by atoms with van der Waals surface area (Å²) in [5.74, 6) is 0.344. The fourth-order valence-electron chi connectivity index (χ4n) is 1.88. The van der Waals surface area contributed by atoms with Crippen LogP contribution in [-0.4, -0.2) is 5.75 Å². The highest BCUT2D eigenvalue weighted by molar-refractivity contribution is 7.99. The maximum absolute atomic E-state index is 13.8. The van der Waals surface area contributed by atoms with Crippen LogP contribution < -0.4 is 0 Å². The van der Waals surface area contributed by atoms with Crippen LogP contribution in [0.1, 0.15) is 25.3 Å². The third-order valence-electron chi connectivity index (χ3n) is 2.94. The molecule has 2 rings (SSSR count). The summed E-state index contributed by atoms with van der Waals surface area (Å²) >= 11 is 1.69. The molecule has 18 heavy (non-hydrogen) atoms. The van der Waals surface area contributed by atoms with E-state index >= 15 is 0 Å². The third-order valence-corrected chi connectivity index (χ3v) is 4.02. The molecule has 0 unspecified atom stereocenters. The van der Waals surface area contributed by atoms with Gasteiger partial charge < -0.3 is 0 Å². The molecule has 0 spiro atoms. The number of aryl methyl sites for hydroxylation is 1. The summed E-state index contributed by atoms with van der Waals surface area (Å²) in [7, 11) is 0. The van der Waals surface area contributed by atoms with Crippen molar-refractivity contribution >= 4 is 22.5 Å². The summed E-state index contributed by atoms with van der Waals surface area (Å²) in [5.41, 5.74) is 0.353. The second-order valence-electron chi connectivity index (χ2n) is 4.40. The molecule has 0 aromatic heterocycles. The van der Waals surface area contributed by atoms with Crippen LogP contribution in [0.5, 0.6) is 0 Å². The van der Waals surface area contributed by atoms with E-state index in [-0.39, 0.29) is 11.6 Å². The number of halogens is 2. The van der Waals surface area contributed by atoms with Crippen molar-refractivity contribution in [3.8, 4) is 0 Å². The van der Waals surface area contributed by atoms with Crippen LogP contribution in [0.4, 0.5) is 8.78 Å². The van der Waals surface area contributed by atoms with Gasteiger partial charge in [0.25, 0.3) is 0 Å². The molecule has 0 nitrogen and oxygen atoms in total. The maximum atomic E-state index is 13.8. The Morgan fingerprint density at radius 2 is 1.89 bits per heavy atom. The van der Waals surface area contributed by atoms with Gasteiger partial charge in [0.2, 0.25) is 0 Å². The summed E-state index contributed by atoms with van der Waals surface area (Å²) in [5, 5.41) is 0.743. The fourth-order valence-corrected chi connectivity index (χ4v) is 2.91. The van der Waals surface area contributed by atoms with Crippen LogP contribution in [-0.2, 0) is 0 Å². The van der Waals surface area contributed by atoms with Gasteiger partial charge in [-0.25, -0.2) is 8.78 Å². The first-order valence-electron chi connectivity index (χ1n) is 6.14. The Morgan fingerprint density at radius 1 is 1.11 bits per heavy atom. The predicted octanol–water partition coefficient (Wildman–Crippen LogP) is 5.32. The van der Waals surface area contributed by atoms with Gasteiger partial charge in [-0.15, -0.1) is 11.8 Å². The number of fused-ring (bicyclic) bond motifs is 1. The summed E-state index contributed by atoms with van der Waals surface area (Å²) in [6.07, 6.45) is 2.27. The van der Waals surface area contributed by atoms with Gasteiger partial charge in [-0.2, -0.15) is 0 Å². The minimum Gasteiger partial charge on any atom is -0.206 e. The van der Waals surface area contributed by atoms with E-state index in [2.05, 4.69) is 6.92 Å². The smallest absolute Gasteiger partial charge is 0.134 e. The molecular formula is C15H16F2S. The minimum atomic E-state index is -0.346. The highest BCUT2D eigenvalue weighted by Crippen LogP contribution is 2.29. The van der Waals surface area contributed by atoms with E-state index in [4.69, 9.17) is 0 Å². The molecule has 0 radical (unpaired) electrons. The van der Waals surface area contributed by atoms with Crippen LogP contribution in [0, 0.1) is 18.6 Å². The van der Waals surface area contributed by atoms with Crippen molar-refractivity contribution in [3.05, 3.63) is 41.5 Å². The third kappa shape index (κ3) is 2.66. The first-order valence-corrected chi connectivity index (χ1v) is 7.13. The van der Waals surface area contributed by atoms with E-state index in [9.17, 15) is 8.78 Å². The van der Waals surface area contributed by atoms with Gasteiger partial charge in [0.1, 0.15) is 11.6 Å². The second-order valence-corrected chi connectivity index (χ2v) is 5.57. The molecule has 0 heterocycles. The molecule has 0 aliphatic rings. The standard InChI is InChI=1S/C15H16F2S/c1-3-4-7-18-11-5-6-12-13(9-11)14(16)8-10(2)15(12)17/h5-6,8-9H,3-4,7H2,1-2H3. The van der Waals surface area contributed by atoms with E-state index in [0.717, 1.165) is 23.5 Å². The molecule has 0 bridgehead atoms. The zero-order valence-corrected chi connectivity index (χ0v) is 11.4. The minimum absolute atomic E-state index is 0.323. The van der Waals surface area contributed by atoms with Crippen LogP contribution in [0.15, 0.2) is 29.2 Å². The zero-order chi connectivity index (χ0) is 13.1. The highest BCUT2D eigenvalue weighted by Gasteiger charge is 2.10. The largest absolute Gasteiger partial charge is 0.206 e. The SMILES string of the molecule is CCCCSc1ccc2c(F)c(C)cc(F)c2c1. The monoisotopic (exact) mass is 266 g/mol. The quantitative estimate of drug-likeness (QED) is 0.533. The van der Waals surface area contributed by atoms with Crippen LogP contribution in [0.3, 0.4) is 0 Å². The molecule has 3 heteroatoms. The van der Waals surface area contributed by atoms with E-state index in [1.54, 1.807) is 30.8 Å². The lowest BCUT2D eigenvalue weighted by molar-refractivity contribution is 0.609. The van der Waals surface area contributed by atoms with Gasteiger partial charge in [0.05, 0.1) is 0 Å². The number of unbranched alkanes of at least 4 members (excludes halogenated alkanes) is 1. The maximum Gasteiger partial charge on any atom is 0.134 e. The summed E-state index contributed by atoms with van der Waals surface area (Å²) in [6, 6.07) is 6.55. The lowest BCUT2D eigenvalue weighted by Gasteiger charge is -2.07. The first kappa shape index (κ1) is 13.3. The number of benzene rings is 2. The zero-order valence-electron chi connectivity index (χ0n) is 10.6. The normalized spacial score (nSPS) is 11.1. The fraction of sp³-hybridized carbons (Fsp3) is 0.333. The molecule has 0 amide bonds. The Labute approximate surface area is 110 Å². The van der Waals surface area contributed by atoms with Crippen molar-refractivity contribution < 1.29 is 8.78 Å². The average molecular weight is 266 g/mol. The van der Waals surface area contributed by atoms with Gasteiger partial charge in [0, 0.05) is 15.7 Å². The molecule has 0 saturated carbocycles. The molecule has 0 aliphatic carbocycles. The second kappa shape index (κ2) is 5.70. The predicted molar refractivity (Wildman–Crippen MR) is 74.2 cm³/mol. The Hall–Kier alpha value is -1.09. The Morgan fingerprint density at radius 3 is 2.61 bits per heavy atom. The Kier molecular flexibility index (Phi) is 4.23. The van der Waals surface area contributed by atoms with Gasteiger partial charge in [-0.3, -0.25) is 0 Å². The van der Waals surface area contributed by atoms with Gasteiger partial charge in [-0.1, -0.05) is 19.4 Å². The molecule has 2 aromatic rings. The highest BCUT2D eigenvalue weighted by atomic mass is 32.2. The molecule has 2 aromatic carbocycles. The van der Waals surface area contributed by atoms with E-state index < -0.39 is 0 Å². The van der Waals surface area contributed by atoms with E-state index in [1.807, 2.05) is 6.07 Å². The first-order chi connectivity index (χ1) is 8.63. The van der Waals surface area contributed by atoms with Crippen molar-refractivity contribution in [3.63, 3.8) is 0 Å². The lowest BCUT2D eigenvalue weighted by Crippen LogP contribution is -1.90. The summed E-state index contributed by atoms with van der Waals surface area (Å²) < 4.78 is 27.7. The molecule has 0 saturated heterocycles. The molecule has 0 fully saturated rings. The summed E-state index contributed by atoms with van der Waals surface area (Å²) in [4.78, 5) is 0.998. The van der Waals surface area contributed by atoms with Gasteiger partial charge in [0.15, 0.2) is 0 Å². The van der Waals surface area contributed by atoms with Crippen LogP contribution >= 0.6 is 11.8 Å². The Balaban J connectivity index is 2.39. The number of thioether (sulfide) groups is 1. The average Bonchev–Trinajstić information content (AvgIpc) is 2.36. The number of hydrogen-bond donors (Lipinski definition) is 0. The van der Waals surface area contributed by atoms with Crippen LogP contribution in [0.25, 0.3) is 10.8 Å². The van der Waals surface area contributed by atoms with Crippen molar-refractivity contribution in [1.29, 1.82) is 0 Å². The molecule has 0 aliphatic heterocycles. The molecule has 0 N–H and O–H groups in total. The lowest BCUT2D eigenvalue weighted by atomic mass is 10.1. The van der Waals surface area contributed by atoms with E-state index in [1.165, 1.54) is 6.07 Å². The number of hydrogen-bond acceptors (Lipinski definition) is 1. The molecular weight excluding hydrogens is 250 g/mol. The van der Waals surface area contributed by atoms with Crippen molar-refractivity contribution in [2.45, 2.75) is 31.6 Å². The molecule has 96 valence electrons. The summed E-state index contributed by atoms with van der Waals surface area (Å²) in [6.45, 7) is 3.72. The van der Waals surface area contributed by atoms with Gasteiger partial charge >= 0.3 is 0 Å². The topological polar surface area (TPSA) is 0 Å². The van der Waals surface area contributed by atoms with Crippen molar-refractivity contribution in [2.75, 3.05) is 5.75 Å². The van der Waals surface area contributed by atoms with Gasteiger partial charge in [-0.05, 0) is 42.9 Å². The van der Waals surface area contributed by atoms with Crippen molar-refractivity contribution in [1.82, 2.24) is 0 Å².